The summed E-state index contributed by atoms with van der Waals surface area (Å²) in [4.78, 5) is 11.1. The number of para-hydroxylation sites is 1. The summed E-state index contributed by atoms with van der Waals surface area (Å²) in [5, 5.41) is 3.26. The van der Waals surface area contributed by atoms with Crippen molar-refractivity contribution in [2.75, 3.05) is 30.4 Å². The van der Waals surface area contributed by atoms with E-state index < -0.39 is 0 Å². The number of hydrogen-bond acceptors (Lipinski definition) is 3. The number of H-pyrrole nitrogens is 1. The largest absolute Gasteiger partial charge is 0.388 e. The van der Waals surface area contributed by atoms with E-state index in [4.69, 9.17) is 4.98 Å². The number of nitrogens with zero attached hydrogens (tertiary/aromatic N) is 2. The maximum Gasteiger partial charge on any atom is 0.138 e. The predicted molar refractivity (Wildman–Crippen MR) is 140 cm³/mol. The number of rotatable bonds is 6. The first kappa shape index (κ1) is 21.1. The molecule has 1 saturated heterocycles. The van der Waals surface area contributed by atoms with E-state index in [0.29, 0.717) is 0 Å². The van der Waals surface area contributed by atoms with Crippen LogP contribution < -0.4 is 10.2 Å². The zero-order valence-corrected chi connectivity index (χ0v) is 19.1. The van der Waals surface area contributed by atoms with Crippen molar-refractivity contribution in [2.24, 2.45) is 0 Å². The number of aromatic nitrogens is 2. The van der Waals surface area contributed by atoms with Crippen LogP contribution in [-0.4, -0.2) is 30.1 Å². The molecular formula is C29H30N4. The molecule has 0 unspecified atom stereocenters. The van der Waals surface area contributed by atoms with E-state index in [-0.39, 0.29) is 0 Å². The first-order chi connectivity index (χ1) is 16.2. The second kappa shape index (κ2) is 9.37. The van der Waals surface area contributed by atoms with Crippen molar-refractivity contribution in [3.8, 4) is 22.5 Å². The van der Waals surface area contributed by atoms with Crippen LogP contribution in [0.2, 0.25) is 0 Å². The molecule has 33 heavy (non-hydrogen) atoms. The van der Waals surface area contributed by atoms with E-state index in [9.17, 15) is 0 Å². The Balaban J connectivity index is 1.55. The molecule has 0 bridgehead atoms. The lowest BCUT2D eigenvalue weighted by Gasteiger charge is -2.28. The molecule has 4 aromatic rings. The van der Waals surface area contributed by atoms with E-state index in [2.05, 4.69) is 82.4 Å². The van der Waals surface area contributed by atoms with Crippen molar-refractivity contribution in [3.63, 3.8) is 0 Å². The fourth-order valence-corrected chi connectivity index (χ4v) is 4.61. The molecule has 0 amide bonds. The third-order valence-electron chi connectivity index (χ3n) is 6.44. The normalized spacial score (nSPS) is 13.7. The van der Waals surface area contributed by atoms with Gasteiger partial charge in [-0.05, 0) is 37.5 Å². The van der Waals surface area contributed by atoms with Crippen LogP contribution in [0.5, 0.6) is 0 Å². The van der Waals surface area contributed by atoms with Gasteiger partial charge in [0.15, 0.2) is 0 Å². The number of imidazole rings is 1. The van der Waals surface area contributed by atoms with Gasteiger partial charge in [-0.3, -0.25) is 0 Å². The third kappa shape index (κ3) is 4.29. The number of nitrogens with one attached hydrogen (secondary N) is 2. The molecule has 0 atom stereocenters. The standard InChI is InChI=1S/C29H30N4/c1-21(25-13-7-8-14-26(25)30-2)29-31-27(22-11-5-3-6-12-22)28(32-29)23-15-17-24(18-16-23)33-19-9-4-10-20-33/h3,5-8,11-18,30H,1,4,9-10,19-20H2,2H3,(H,31,32). The molecule has 166 valence electrons. The second-order valence-corrected chi connectivity index (χ2v) is 8.54. The summed E-state index contributed by atoms with van der Waals surface area (Å²) in [7, 11) is 1.93. The summed E-state index contributed by atoms with van der Waals surface area (Å²) in [6, 6.07) is 27.4. The van der Waals surface area contributed by atoms with Crippen molar-refractivity contribution in [2.45, 2.75) is 19.3 Å². The minimum absolute atomic E-state index is 0.784. The Morgan fingerprint density at radius 3 is 2.27 bits per heavy atom. The average molecular weight is 435 g/mol. The number of aromatic amines is 1. The highest BCUT2D eigenvalue weighted by molar-refractivity contribution is 5.86. The zero-order chi connectivity index (χ0) is 22.6. The molecular weight excluding hydrogens is 404 g/mol. The molecule has 0 aliphatic carbocycles. The van der Waals surface area contributed by atoms with E-state index in [1.807, 2.05) is 25.2 Å². The molecule has 0 saturated carbocycles. The molecule has 2 N–H and O–H groups in total. The molecule has 3 aromatic carbocycles. The van der Waals surface area contributed by atoms with Gasteiger partial charge in [0.05, 0.1) is 11.4 Å². The average Bonchev–Trinajstić information content (AvgIpc) is 3.35. The molecule has 1 aromatic heterocycles. The fourth-order valence-electron chi connectivity index (χ4n) is 4.61. The molecule has 1 aliphatic heterocycles. The lowest BCUT2D eigenvalue weighted by atomic mass is 10.0. The second-order valence-electron chi connectivity index (χ2n) is 8.54. The monoisotopic (exact) mass is 434 g/mol. The molecule has 0 radical (unpaired) electrons. The van der Waals surface area contributed by atoms with Crippen LogP contribution in [0.1, 0.15) is 30.7 Å². The predicted octanol–water partition coefficient (Wildman–Crippen LogP) is 6.84. The van der Waals surface area contributed by atoms with Gasteiger partial charge in [-0.25, -0.2) is 4.98 Å². The molecule has 0 spiro atoms. The highest BCUT2D eigenvalue weighted by Gasteiger charge is 2.18. The summed E-state index contributed by atoms with van der Waals surface area (Å²) in [5.74, 6) is 0.784. The minimum atomic E-state index is 0.784. The SMILES string of the molecule is C=C(c1nc(-c2ccccc2)c(-c2ccc(N3CCCCC3)cc2)[nH]1)c1ccccc1NC. The Kier molecular flexibility index (Phi) is 5.99. The molecule has 1 fully saturated rings. The minimum Gasteiger partial charge on any atom is -0.388 e. The summed E-state index contributed by atoms with van der Waals surface area (Å²) in [6.07, 6.45) is 3.90. The van der Waals surface area contributed by atoms with Gasteiger partial charge in [0.1, 0.15) is 5.82 Å². The van der Waals surface area contributed by atoms with Crippen molar-refractivity contribution in [3.05, 3.63) is 96.8 Å². The van der Waals surface area contributed by atoms with Gasteiger partial charge < -0.3 is 15.2 Å². The van der Waals surface area contributed by atoms with Crippen LogP contribution in [-0.2, 0) is 0 Å². The van der Waals surface area contributed by atoms with E-state index in [1.54, 1.807) is 0 Å². The van der Waals surface area contributed by atoms with E-state index in [0.717, 1.165) is 58.3 Å². The van der Waals surface area contributed by atoms with Gasteiger partial charge in [0.25, 0.3) is 0 Å². The van der Waals surface area contributed by atoms with Crippen LogP contribution in [0.3, 0.4) is 0 Å². The Morgan fingerprint density at radius 2 is 1.55 bits per heavy atom. The van der Waals surface area contributed by atoms with E-state index in [1.165, 1.54) is 24.9 Å². The van der Waals surface area contributed by atoms with Crippen molar-refractivity contribution >= 4 is 16.9 Å². The highest BCUT2D eigenvalue weighted by Crippen LogP contribution is 2.35. The quantitative estimate of drug-likeness (QED) is 0.349. The van der Waals surface area contributed by atoms with Gasteiger partial charge >= 0.3 is 0 Å². The van der Waals surface area contributed by atoms with Crippen molar-refractivity contribution < 1.29 is 0 Å². The Bertz CT molecular complexity index is 1230. The van der Waals surface area contributed by atoms with Crippen LogP contribution >= 0.6 is 0 Å². The first-order valence-electron chi connectivity index (χ1n) is 11.7. The third-order valence-corrected chi connectivity index (χ3v) is 6.44. The highest BCUT2D eigenvalue weighted by atomic mass is 15.1. The maximum atomic E-state index is 5.03. The summed E-state index contributed by atoms with van der Waals surface area (Å²) < 4.78 is 0. The van der Waals surface area contributed by atoms with Gasteiger partial charge in [-0.2, -0.15) is 0 Å². The van der Waals surface area contributed by atoms with Gasteiger partial charge in [0, 0.05) is 53.8 Å². The topological polar surface area (TPSA) is 44.0 Å². The van der Waals surface area contributed by atoms with Crippen LogP contribution in [0.25, 0.3) is 28.1 Å². The number of piperidine rings is 1. The molecule has 4 nitrogen and oxygen atoms in total. The summed E-state index contributed by atoms with van der Waals surface area (Å²) >= 11 is 0. The van der Waals surface area contributed by atoms with Crippen LogP contribution in [0.15, 0.2) is 85.4 Å². The van der Waals surface area contributed by atoms with Gasteiger partial charge in [-0.15, -0.1) is 0 Å². The molecule has 4 heteroatoms. The van der Waals surface area contributed by atoms with E-state index >= 15 is 0 Å². The zero-order valence-electron chi connectivity index (χ0n) is 19.1. The Hall–Kier alpha value is -3.79. The summed E-state index contributed by atoms with van der Waals surface area (Å²) in [6.45, 7) is 6.67. The first-order valence-corrected chi connectivity index (χ1v) is 11.7. The number of benzene rings is 3. The maximum absolute atomic E-state index is 5.03. The Morgan fingerprint density at radius 1 is 0.848 bits per heavy atom. The number of hydrogen-bond donors (Lipinski definition) is 2. The Labute approximate surface area is 196 Å². The molecule has 5 rings (SSSR count). The van der Waals surface area contributed by atoms with Gasteiger partial charge in [-0.1, -0.05) is 67.2 Å². The lowest BCUT2D eigenvalue weighted by molar-refractivity contribution is 0.578. The molecule has 1 aliphatic rings. The smallest absolute Gasteiger partial charge is 0.138 e. The van der Waals surface area contributed by atoms with Crippen molar-refractivity contribution in [1.29, 1.82) is 0 Å². The van der Waals surface area contributed by atoms with Crippen molar-refractivity contribution in [1.82, 2.24) is 9.97 Å². The number of anilines is 2. The summed E-state index contributed by atoms with van der Waals surface area (Å²) in [5.41, 5.74) is 8.42. The fraction of sp³-hybridized carbons (Fsp3) is 0.207. The molecule has 2 heterocycles. The van der Waals surface area contributed by atoms with Crippen LogP contribution in [0.4, 0.5) is 11.4 Å². The lowest BCUT2D eigenvalue weighted by Crippen LogP contribution is -2.29. The van der Waals surface area contributed by atoms with Crippen LogP contribution in [0, 0.1) is 0 Å². The van der Waals surface area contributed by atoms with Gasteiger partial charge in [0.2, 0.25) is 0 Å².